The topological polar surface area (TPSA) is 127 Å². The molecule has 0 bridgehead atoms. The van der Waals surface area contributed by atoms with Crippen molar-refractivity contribution >= 4 is 22.2 Å². The van der Waals surface area contributed by atoms with E-state index in [2.05, 4.69) is 4.72 Å². The second kappa shape index (κ2) is 8.68. The molecule has 150 valence electrons. The Morgan fingerprint density at radius 3 is 2.37 bits per heavy atom. The molecule has 0 radical (unpaired) electrons. The van der Waals surface area contributed by atoms with Gasteiger partial charge in [0.05, 0.1) is 18.7 Å². The second-order valence-corrected chi connectivity index (χ2v) is 8.44. The van der Waals surface area contributed by atoms with E-state index in [-0.39, 0.29) is 25.3 Å². The minimum atomic E-state index is -4.42. The van der Waals surface area contributed by atoms with Gasteiger partial charge in [0.2, 0.25) is 5.91 Å². The Morgan fingerprint density at radius 2 is 1.81 bits per heavy atom. The highest BCUT2D eigenvalue weighted by molar-refractivity contribution is 7.87. The fraction of sp³-hybridized carbons (Fsp3) is 0.529. The number of hydrogen-bond donors (Lipinski definition) is 3. The van der Waals surface area contributed by atoms with Crippen molar-refractivity contribution in [2.45, 2.75) is 38.0 Å². The summed E-state index contributed by atoms with van der Waals surface area (Å²) in [7, 11) is -1.20. The van der Waals surface area contributed by atoms with E-state index < -0.39 is 34.4 Å². The van der Waals surface area contributed by atoms with Gasteiger partial charge in [0.15, 0.2) is 0 Å². The minimum absolute atomic E-state index is 0.107. The molecule has 27 heavy (non-hydrogen) atoms. The number of nitrogens with one attached hydrogen (secondary N) is 1. The number of aliphatic hydroxyl groups excluding tert-OH is 1. The molecule has 9 nitrogen and oxygen atoms in total. The molecule has 2 rings (SSSR count). The van der Waals surface area contributed by atoms with Gasteiger partial charge in [-0.1, -0.05) is 30.3 Å². The molecule has 2 amide bonds. The van der Waals surface area contributed by atoms with Gasteiger partial charge in [0.1, 0.15) is 0 Å². The van der Waals surface area contributed by atoms with Crippen LogP contribution in [0.15, 0.2) is 30.3 Å². The molecule has 10 heteroatoms. The second-order valence-electron chi connectivity index (χ2n) is 6.81. The van der Waals surface area contributed by atoms with Gasteiger partial charge in [-0.05, 0) is 24.8 Å². The Morgan fingerprint density at radius 1 is 1.19 bits per heavy atom. The maximum atomic E-state index is 12.6. The van der Waals surface area contributed by atoms with Crippen LogP contribution in [0, 0.1) is 5.92 Å². The fourth-order valence-corrected chi connectivity index (χ4v) is 4.42. The Hall–Kier alpha value is -2.17. The molecule has 3 N–H and O–H groups in total. The van der Waals surface area contributed by atoms with Crippen LogP contribution in [0.5, 0.6) is 0 Å². The summed E-state index contributed by atoms with van der Waals surface area (Å²) in [6.07, 6.45) is -1.81. The molecule has 1 aromatic carbocycles. The molecule has 1 saturated carbocycles. The zero-order valence-corrected chi connectivity index (χ0v) is 16.1. The number of nitrogens with zero attached hydrogens (tertiary/aromatic N) is 2. The van der Waals surface area contributed by atoms with E-state index in [1.165, 1.54) is 4.90 Å². The average molecular weight is 399 g/mol. The van der Waals surface area contributed by atoms with Crippen molar-refractivity contribution in [3.8, 4) is 0 Å². The first-order chi connectivity index (χ1) is 12.6. The molecule has 0 saturated heterocycles. The molecule has 0 spiro atoms. The molecule has 0 heterocycles. The highest BCUT2D eigenvalue weighted by Crippen LogP contribution is 2.27. The van der Waals surface area contributed by atoms with Gasteiger partial charge in [-0.2, -0.15) is 17.4 Å². The van der Waals surface area contributed by atoms with Gasteiger partial charge in [-0.3, -0.25) is 4.79 Å². The van der Waals surface area contributed by atoms with Crippen LogP contribution < -0.4 is 4.72 Å². The van der Waals surface area contributed by atoms with E-state index in [1.807, 2.05) is 0 Å². The Labute approximate surface area is 158 Å². The lowest BCUT2D eigenvalue weighted by molar-refractivity contribution is -0.135. The molecule has 0 aromatic heterocycles. The molecular weight excluding hydrogens is 374 g/mol. The molecular formula is C17H25N3O6S. The van der Waals surface area contributed by atoms with Gasteiger partial charge in [-0.15, -0.1) is 0 Å². The van der Waals surface area contributed by atoms with Crippen molar-refractivity contribution in [1.82, 2.24) is 13.9 Å². The smallest absolute Gasteiger partial charge is 0.422 e. The maximum absolute atomic E-state index is 12.6. The Balaban J connectivity index is 2.15. The number of hydrogen-bond acceptors (Lipinski definition) is 5. The zero-order valence-electron chi connectivity index (χ0n) is 15.3. The highest BCUT2D eigenvalue weighted by atomic mass is 32.2. The van der Waals surface area contributed by atoms with E-state index in [9.17, 15) is 28.2 Å². The quantitative estimate of drug-likeness (QED) is 0.643. The molecule has 0 unspecified atom stereocenters. The Bertz CT molecular complexity index is 768. The van der Waals surface area contributed by atoms with Crippen molar-refractivity contribution in [3.63, 3.8) is 0 Å². The van der Waals surface area contributed by atoms with Gasteiger partial charge in [0.25, 0.3) is 0 Å². The van der Waals surface area contributed by atoms with Gasteiger partial charge in [0, 0.05) is 20.0 Å². The van der Waals surface area contributed by atoms with Crippen LogP contribution >= 0.6 is 0 Å². The molecule has 0 aliphatic heterocycles. The van der Waals surface area contributed by atoms with Crippen LogP contribution in [0.3, 0.4) is 0 Å². The van der Waals surface area contributed by atoms with Crippen molar-refractivity contribution < 1.29 is 28.2 Å². The van der Waals surface area contributed by atoms with Crippen molar-refractivity contribution in [2.75, 3.05) is 14.1 Å². The van der Waals surface area contributed by atoms with Crippen molar-refractivity contribution in [3.05, 3.63) is 35.9 Å². The standard InChI is InChI=1S/C17H25N3O6S/c1-19(2)16(22)13-8-9-15(21)14(10-13)18-27(25,26)20(17(23)24)11-12-6-4-3-5-7-12/h3-7,13-15,18,21H,8-11H2,1-2H3,(H,23,24)/t13-,14+,15+/m0/s1. The minimum Gasteiger partial charge on any atom is -0.464 e. The van der Waals surface area contributed by atoms with E-state index in [0.29, 0.717) is 16.3 Å². The average Bonchev–Trinajstić information content (AvgIpc) is 2.61. The van der Waals surface area contributed by atoms with Crippen LogP contribution in [-0.4, -0.2) is 66.1 Å². The fourth-order valence-electron chi connectivity index (χ4n) is 3.13. The van der Waals surface area contributed by atoms with E-state index in [1.54, 1.807) is 44.4 Å². The molecule has 1 aliphatic carbocycles. The number of rotatable bonds is 6. The number of carbonyl (C=O) groups excluding carboxylic acids is 1. The summed E-state index contributed by atoms with van der Waals surface area (Å²) < 4.78 is 27.8. The maximum Gasteiger partial charge on any atom is 0.422 e. The van der Waals surface area contributed by atoms with E-state index in [4.69, 9.17) is 0 Å². The normalized spacial score (nSPS) is 22.9. The van der Waals surface area contributed by atoms with Crippen molar-refractivity contribution in [1.29, 1.82) is 0 Å². The first-order valence-electron chi connectivity index (χ1n) is 8.58. The first kappa shape index (κ1) is 21.1. The van der Waals surface area contributed by atoms with Crippen molar-refractivity contribution in [2.24, 2.45) is 5.92 Å². The monoisotopic (exact) mass is 399 g/mol. The summed E-state index contributed by atoms with van der Waals surface area (Å²) in [6.45, 7) is -0.353. The summed E-state index contributed by atoms with van der Waals surface area (Å²) in [5.74, 6) is -0.575. The third kappa shape index (κ3) is 5.41. The SMILES string of the molecule is CN(C)C(=O)[C@H]1CC[C@@H](O)[C@H](NS(=O)(=O)N(Cc2ccccc2)C(=O)O)C1. The molecule has 1 aliphatic rings. The van der Waals surface area contributed by atoms with E-state index in [0.717, 1.165) is 0 Å². The summed E-state index contributed by atoms with van der Waals surface area (Å²) >= 11 is 0. The number of carboxylic acid groups (broad SMARTS) is 1. The molecule has 1 fully saturated rings. The lowest BCUT2D eigenvalue weighted by atomic mass is 9.83. The lowest BCUT2D eigenvalue weighted by Gasteiger charge is -2.34. The summed E-state index contributed by atoms with van der Waals surface area (Å²) in [5, 5.41) is 19.5. The van der Waals surface area contributed by atoms with E-state index >= 15 is 0 Å². The number of aliphatic hydroxyl groups is 1. The summed E-state index contributed by atoms with van der Waals surface area (Å²) in [5.41, 5.74) is 0.509. The van der Waals surface area contributed by atoms with Crippen LogP contribution in [0.4, 0.5) is 4.79 Å². The third-order valence-corrected chi connectivity index (χ3v) is 6.04. The predicted molar refractivity (Wildman–Crippen MR) is 97.9 cm³/mol. The summed E-state index contributed by atoms with van der Waals surface area (Å²) in [6, 6.07) is 7.39. The van der Waals surface area contributed by atoms with Gasteiger partial charge < -0.3 is 15.1 Å². The van der Waals surface area contributed by atoms with Crippen LogP contribution in [0.2, 0.25) is 0 Å². The highest BCUT2D eigenvalue weighted by Gasteiger charge is 2.38. The largest absolute Gasteiger partial charge is 0.464 e. The number of benzene rings is 1. The van der Waals surface area contributed by atoms with Crippen LogP contribution in [0.1, 0.15) is 24.8 Å². The first-order valence-corrected chi connectivity index (χ1v) is 10.0. The lowest BCUT2D eigenvalue weighted by Crippen LogP contribution is -2.53. The third-order valence-electron chi connectivity index (χ3n) is 4.58. The number of carbonyl (C=O) groups is 2. The zero-order chi connectivity index (χ0) is 20.2. The number of amides is 2. The summed E-state index contributed by atoms with van der Waals surface area (Å²) in [4.78, 5) is 25.1. The van der Waals surface area contributed by atoms with Crippen LogP contribution in [0.25, 0.3) is 0 Å². The van der Waals surface area contributed by atoms with Crippen LogP contribution in [-0.2, 0) is 21.5 Å². The van der Waals surface area contributed by atoms with Gasteiger partial charge in [-0.25, -0.2) is 4.79 Å². The predicted octanol–water partition coefficient (Wildman–Crippen LogP) is 0.619. The molecule has 1 aromatic rings. The molecule has 3 atom stereocenters. The van der Waals surface area contributed by atoms with Gasteiger partial charge >= 0.3 is 16.3 Å². The Kier molecular flexibility index (Phi) is 6.79.